The predicted molar refractivity (Wildman–Crippen MR) is 84.2 cm³/mol. The standard InChI is InChI=1S/C15H12BrClN2O/c1-20-15-5-2-10(6-11(15)8-18)9-19-14-4-3-12(16)7-13(14)17/h2-7,19H,9H2,1H3. The van der Waals surface area contributed by atoms with Gasteiger partial charge in [-0.15, -0.1) is 0 Å². The van der Waals surface area contributed by atoms with E-state index >= 15 is 0 Å². The number of hydrogen-bond acceptors (Lipinski definition) is 3. The summed E-state index contributed by atoms with van der Waals surface area (Å²) in [6, 6.07) is 13.3. The average molecular weight is 352 g/mol. The molecule has 0 aromatic heterocycles. The van der Waals surface area contributed by atoms with Crippen LogP contribution in [-0.2, 0) is 6.54 Å². The Labute approximate surface area is 131 Å². The Morgan fingerprint density at radius 2 is 2.10 bits per heavy atom. The summed E-state index contributed by atoms with van der Waals surface area (Å²) in [7, 11) is 1.55. The van der Waals surface area contributed by atoms with Crippen LogP contribution in [0.4, 0.5) is 5.69 Å². The number of benzene rings is 2. The Kier molecular flexibility index (Phi) is 4.89. The lowest BCUT2D eigenvalue weighted by atomic mass is 10.1. The normalized spacial score (nSPS) is 9.90. The summed E-state index contributed by atoms with van der Waals surface area (Å²) in [5, 5.41) is 12.9. The number of hydrogen-bond donors (Lipinski definition) is 1. The van der Waals surface area contributed by atoms with Gasteiger partial charge >= 0.3 is 0 Å². The van der Waals surface area contributed by atoms with Crippen molar-refractivity contribution in [1.29, 1.82) is 5.26 Å². The van der Waals surface area contributed by atoms with Crippen LogP contribution < -0.4 is 10.1 Å². The lowest BCUT2D eigenvalue weighted by molar-refractivity contribution is 0.413. The summed E-state index contributed by atoms with van der Waals surface area (Å²) in [6.45, 7) is 0.583. The van der Waals surface area contributed by atoms with Gasteiger partial charge in [-0.25, -0.2) is 0 Å². The number of halogens is 2. The van der Waals surface area contributed by atoms with E-state index in [2.05, 4.69) is 27.3 Å². The lowest BCUT2D eigenvalue weighted by Gasteiger charge is -2.10. The van der Waals surface area contributed by atoms with Gasteiger partial charge in [-0.3, -0.25) is 0 Å². The van der Waals surface area contributed by atoms with Gasteiger partial charge in [-0.1, -0.05) is 33.6 Å². The van der Waals surface area contributed by atoms with Crippen molar-refractivity contribution in [3.8, 4) is 11.8 Å². The van der Waals surface area contributed by atoms with Crippen LogP contribution in [0, 0.1) is 11.3 Å². The van der Waals surface area contributed by atoms with Crippen LogP contribution in [0.2, 0.25) is 5.02 Å². The molecule has 0 radical (unpaired) electrons. The second-order valence-corrected chi connectivity index (χ2v) is 5.45. The Balaban J connectivity index is 2.13. The van der Waals surface area contributed by atoms with E-state index in [0.29, 0.717) is 22.9 Å². The molecule has 0 aliphatic carbocycles. The van der Waals surface area contributed by atoms with Crippen molar-refractivity contribution in [2.45, 2.75) is 6.54 Å². The second kappa shape index (κ2) is 6.65. The minimum absolute atomic E-state index is 0.522. The van der Waals surface area contributed by atoms with Crippen LogP contribution in [0.15, 0.2) is 40.9 Å². The molecule has 0 fully saturated rings. The number of nitrogens with one attached hydrogen (secondary N) is 1. The zero-order chi connectivity index (χ0) is 14.5. The van der Waals surface area contributed by atoms with Crippen molar-refractivity contribution in [2.75, 3.05) is 12.4 Å². The average Bonchev–Trinajstić information content (AvgIpc) is 2.46. The van der Waals surface area contributed by atoms with Gasteiger partial charge in [-0.2, -0.15) is 5.26 Å². The third-order valence-electron chi connectivity index (χ3n) is 2.80. The van der Waals surface area contributed by atoms with E-state index in [4.69, 9.17) is 21.6 Å². The van der Waals surface area contributed by atoms with E-state index in [9.17, 15) is 0 Å². The molecule has 1 N–H and O–H groups in total. The Morgan fingerprint density at radius 3 is 2.75 bits per heavy atom. The molecule has 0 aliphatic heterocycles. The molecule has 5 heteroatoms. The maximum Gasteiger partial charge on any atom is 0.136 e. The van der Waals surface area contributed by atoms with Gasteiger partial charge in [0, 0.05) is 11.0 Å². The first-order valence-corrected chi connectivity index (χ1v) is 7.07. The topological polar surface area (TPSA) is 45.0 Å². The molecule has 0 heterocycles. The molecule has 20 heavy (non-hydrogen) atoms. The summed E-state index contributed by atoms with van der Waals surface area (Å²) >= 11 is 9.50. The fraction of sp³-hybridized carbons (Fsp3) is 0.133. The van der Waals surface area contributed by atoms with Crippen LogP contribution in [0.5, 0.6) is 5.75 Å². The quantitative estimate of drug-likeness (QED) is 0.876. The summed E-state index contributed by atoms with van der Waals surface area (Å²) in [5.41, 5.74) is 2.36. The molecule has 0 saturated heterocycles. The fourth-order valence-corrected chi connectivity index (χ4v) is 2.52. The molecule has 0 unspecified atom stereocenters. The van der Waals surface area contributed by atoms with Crippen molar-refractivity contribution in [3.05, 3.63) is 57.0 Å². The molecular weight excluding hydrogens is 340 g/mol. The number of methoxy groups -OCH3 is 1. The molecule has 3 nitrogen and oxygen atoms in total. The van der Waals surface area contributed by atoms with Crippen molar-refractivity contribution < 1.29 is 4.74 Å². The van der Waals surface area contributed by atoms with E-state index < -0.39 is 0 Å². The van der Waals surface area contributed by atoms with Crippen LogP contribution in [0.3, 0.4) is 0 Å². The van der Waals surface area contributed by atoms with Gasteiger partial charge < -0.3 is 10.1 Å². The van der Waals surface area contributed by atoms with Crippen molar-refractivity contribution in [3.63, 3.8) is 0 Å². The van der Waals surface area contributed by atoms with Gasteiger partial charge in [0.05, 0.1) is 23.4 Å². The van der Waals surface area contributed by atoms with Crippen LogP contribution in [0.1, 0.15) is 11.1 Å². The van der Waals surface area contributed by atoms with Crippen molar-refractivity contribution >= 4 is 33.2 Å². The number of rotatable bonds is 4. The maximum atomic E-state index is 9.06. The Bertz CT molecular complexity index is 667. The van der Waals surface area contributed by atoms with Crippen LogP contribution >= 0.6 is 27.5 Å². The Morgan fingerprint density at radius 1 is 1.30 bits per heavy atom. The molecule has 0 spiro atoms. The first-order chi connectivity index (χ1) is 9.63. The summed E-state index contributed by atoms with van der Waals surface area (Å²) in [5.74, 6) is 0.581. The third kappa shape index (κ3) is 3.44. The SMILES string of the molecule is COc1ccc(CNc2ccc(Br)cc2Cl)cc1C#N. The highest BCUT2D eigenvalue weighted by Gasteiger charge is 2.05. The van der Waals surface area contributed by atoms with E-state index in [1.54, 1.807) is 19.2 Å². The molecule has 0 saturated carbocycles. The molecule has 2 rings (SSSR count). The van der Waals surface area contributed by atoms with E-state index in [1.807, 2.05) is 24.3 Å². The number of ether oxygens (including phenoxy) is 1. The maximum absolute atomic E-state index is 9.06. The molecular formula is C15H12BrClN2O. The second-order valence-electron chi connectivity index (χ2n) is 4.12. The van der Waals surface area contributed by atoms with Crippen molar-refractivity contribution in [2.24, 2.45) is 0 Å². The molecule has 102 valence electrons. The van der Waals surface area contributed by atoms with Gasteiger partial charge in [0.25, 0.3) is 0 Å². The van der Waals surface area contributed by atoms with E-state index in [1.165, 1.54) is 0 Å². The predicted octanol–water partition coefficient (Wildman–Crippen LogP) is 4.59. The molecule has 0 bridgehead atoms. The van der Waals surface area contributed by atoms with Gasteiger partial charge in [0.1, 0.15) is 11.8 Å². The molecule has 2 aromatic rings. The first-order valence-electron chi connectivity index (χ1n) is 5.90. The first kappa shape index (κ1) is 14.7. The van der Waals surface area contributed by atoms with Gasteiger partial charge in [-0.05, 0) is 35.9 Å². The summed E-state index contributed by atoms with van der Waals surface area (Å²) in [6.07, 6.45) is 0. The smallest absolute Gasteiger partial charge is 0.136 e. The third-order valence-corrected chi connectivity index (χ3v) is 3.60. The Hall–Kier alpha value is -1.70. The number of nitriles is 1. The van der Waals surface area contributed by atoms with Crippen LogP contribution in [0.25, 0.3) is 0 Å². The minimum Gasteiger partial charge on any atom is -0.495 e. The number of anilines is 1. The lowest BCUT2D eigenvalue weighted by Crippen LogP contribution is -2.01. The molecule has 0 amide bonds. The van der Waals surface area contributed by atoms with E-state index in [-0.39, 0.29) is 0 Å². The van der Waals surface area contributed by atoms with Gasteiger partial charge in [0.15, 0.2) is 0 Å². The van der Waals surface area contributed by atoms with Crippen LogP contribution in [-0.4, -0.2) is 7.11 Å². The minimum atomic E-state index is 0.522. The van der Waals surface area contributed by atoms with Gasteiger partial charge in [0.2, 0.25) is 0 Å². The number of nitrogens with zero attached hydrogens (tertiary/aromatic N) is 1. The highest BCUT2D eigenvalue weighted by atomic mass is 79.9. The van der Waals surface area contributed by atoms with E-state index in [0.717, 1.165) is 15.7 Å². The fourth-order valence-electron chi connectivity index (χ4n) is 1.78. The molecule has 2 aromatic carbocycles. The molecule has 0 atom stereocenters. The highest BCUT2D eigenvalue weighted by molar-refractivity contribution is 9.10. The largest absolute Gasteiger partial charge is 0.495 e. The highest BCUT2D eigenvalue weighted by Crippen LogP contribution is 2.26. The summed E-state index contributed by atoms with van der Waals surface area (Å²) < 4.78 is 6.05. The zero-order valence-electron chi connectivity index (χ0n) is 10.8. The zero-order valence-corrected chi connectivity index (χ0v) is 13.1. The summed E-state index contributed by atoms with van der Waals surface area (Å²) in [4.78, 5) is 0. The monoisotopic (exact) mass is 350 g/mol. The molecule has 0 aliphatic rings. The van der Waals surface area contributed by atoms with Crippen molar-refractivity contribution in [1.82, 2.24) is 0 Å².